The number of likely N-dealkylation sites (N-methyl/N-ethyl adjacent to an activating group) is 1. The summed E-state index contributed by atoms with van der Waals surface area (Å²) in [6.07, 6.45) is 0.712. The number of anilines is 1. The molecule has 3 aromatic rings. The molecule has 0 amide bonds. The van der Waals surface area contributed by atoms with Crippen LogP contribution < -0.4 is 4.90 Å². The average molecular weight is 368 g/mol. The van der Waals surface area contributed by atoms with E-state index in [1.807, 2.05) is 0 Å². The highest BCUT2D eigenvalue weighted by Gasteiger charge is 2.20. The summed E-state index contributed by atoms with van der Waals surface area (Å²) in [7, 11) is 0. The maximum Gasteiger partial charge on any atom is 0.137 e. The molecule has 5 heteroatoms. The van der Waals surface area contributed by atoms with Crippen molar-refractivity contribution in [1.29, 1.82) is 0 Å². The van der Waals surface area contributed by atoms with Crippen LogP contribution in [-0.2, 0) is 6.42 Å². The zero-order valence-electron chi connectivity index (χ0n) is 15.2. The number of thiophene rings is 1. The van der Waals surface area contributed by atoms with Crippen molar-refractivity contribution in [2.45, 2.75) is 13.3 Å². The average Bonchev–Trinajstić information content (AvgIpc) is 3.16. The van der Waals surface area contributed by atoms with Crippen LogP contribution in [0.4, 0.5) is 5.82 Å². The summed E-state index contributed by atoms with van der Waals surface area (Å²) < 4.78 is 0. The van der Waals surface area contributed by atoms with Gasteiger partial charge in [-0.05, 0) is 30.1 Å². The zero-order chi connectivity index (χ0) is 17.9. The Morgan fingerprint density at radius 3 is 2.65 bits per heavy atom. The molecular formula is C21H25N3OS. The minimum absolute atomic E-state index is 0.193. The number of rotatable bonds is 5. The Morgan fingerprint density at radius 2 is 1.88 bits per heavy atom. The predicted octanol–water partition coefficient (Wildman–Crippen LogP) is 3.64. The maximum atomic E-state index is 9.18. The van der Waals surface area contributed by atoms with Gasteiger partial charge in [0.25, 0.3) is 0 Å². The smallest absolute Gasteiger partial charge is 0.137 e. The summed E-state index contributed by atoms with van der Waals surface area (Å²) in [5, 5.41) is 11.6. The summed E-state index contributed by atoms with van der Waals surface area (Å²) in [6, 6.07) is 15.0. The maximum absolute atomic E-state index is 9.18. The fourth-order valence-electron chi connectivity index (χ4n) is 3.58. The molecular weight excluding hydrogens is 342 g/mol. The van der Waals surface area contributed by atoms with Crippen LogP contribution in [0.1, 0.15) is 11.8 Å². The first-order valence-corrected chi connectivity index (χ1v) is 10.2. The van der Waals surface area contributed by atoms with Gasteiger partial charge in [-0.2, -0.15) is 0 Å². The number of pyridine rings is 1. The van der Waals surface area contributed by atoms with Crippen molar-refractivity contribution < 1.29 is 5.11 Å². The highest BCUT2D eigenvalue weighted by atomic mass is 32.1. The molecule has 0 spiro atoms. The van der Waals surface area contributed by atoms with Crippen LogP contribution in [0.3, 0.4) is 0 Å². The second kappa shape index (κ2) is 7.74. The van der Waals surface area contributed by atoms with Crippen LogP contribution in [0.15, 0.2) is 42.5 Å². The molecule has 2 aromatic heterocycles. The number of piperazine rings is 1. The van der Waals surface area contributed by atoms with Crippen molar-refractivity contribution in [2.75, 3.05) is 44.2 Å². The molecule has 0 saturated carbocycles. The normalized spacial score (nSPS) is 15.7. The molecule has 136 valence electrons. The van der Waals surface area contributed by atoms with Crippen LogP contribution in [-0.4, -0.2) is 54.3 Å². The Kier molecular flexibility index (Phi) is 5.20. The lowest BCUT2D eigenvalue weighted by Crippen LogP contribution is -2.46. The van der Waals surface area contributed by atoms with Crippen LogP contribution in [0, 0.1) is 0 Å². The Labute approximate surface area is 158 Å². The predicted molar refractivity (Wildman–Crippen MR) is 110 cm³/mol. The number of aliphatic hydroxyl groups is 1. The van der Waals surface area contributed by atoms with Gasteiger partial charge < -0.3 is 14.9 Å². The summed E-state index contributed by atoms with van der Waals surface area (Å²) in [5.41, 5.74) is 1.03. The molecule has 1 aliphatic rings. The number of benzene rings is 1. The molecule has 1 aromatic carbocycles. The largest absolute Gasteiger partial charge is 0.396 e. The van der Waals surface area contributed by atoms with Crippen molar-refractivity contribution in [3.8, 4) is 10.6 Å². The van der Waals surface area contributed by atoms with Crippen LogP contribution in [0.25, 0.3) is 21.3 Å². The van der Waals surface area contributed by atoms with Gasteiger partial charge in [0.2, 0.25) is 0 Å². The van der Waals surface area contributed by atoms with Gasteiger partial charge >= 0.3 is 0 Å². The fraction of sp³-hybridized carbons (Fsp3) is 0.381. The third kappa shape index (κ3) is 3.47. The minimum atomic E-state index is 0.193. The lowest BCUT2D eigenvalue weighted by Gasteiger charge is -2.35. The van der Waals surface area contributed by atoms with E-state index in [9.17, 15) is 5.11 Å². The number of aromatic nitrogens is 1. The first-order chi connectivity index (χ1) is 12.8. The van der Waals surface area contributed by atoms with Gasteiger partial charge in [-0.25, -0.2) is 4.98 Å². The van der Waals surface area contributed by atoms with Crippen molar-refractivity contribution in [3.63, 3.8) is 0 Å². The number of hydrogen-bond acceptors (Lipinski definition) is 5. The molecule has 0 bridgehead atoms. The van der Waals surface area contributed by atoms with E-state index in [1.165, 1.54) is 20.5 Å². The second-order valence-corrected chi connectivity index (χ2v) is 7.88. The topological polar surface area (TPSA) is 39.6 Å². The highest BCUT2D eigenvalue weighted by molar-refractivity contribution is 7.15. The van der Waals surface area contributed by atoms with E-state index in [1.54, 1.807) is 11.3 Å². The molecule has 1 N–H and O–H groups in total. The third-order valence-electron chi connectivity index (χ3n) is 5.11. The van der Waals surface area contributed by atoms with Crippen LogP contribution >= 0.6 is 11.3 Å². The van der Waals surface area contributed by atoms with E-state index in [-0.39, 0.29) is 6.61 Å². The molecule has 0 radical (unpaired) electrons. The Hall–Kier alpha value is -1.95. The minimum Gasteiger partial charge on any atom is -0.396 e. The van der Waals surface area contributed by atoms with E-state index in [2.05, 4.69) is 59.2 Å². The Morgan fingerprint density at radius 1 is 1.08 bits per heavy atom. The molecule has 1 aliphatic heterocycles. The number of aliphatic hydroxyl groups excluding tert-OH is 1. The van der Waals surface area contributed by atoms with Gasteiger partial charge in [0, 0.05) is 49.5 Å². The van der Waals surface area contributed by atoms with Crippen molar-refractivity contribution >= 4 is 27.9 Å². The standard InChI is InChI=1S/C21H25N3OS/c1-2-23-10-12-24(13-11-23)21-18-6-4-3-5-16(18)15-19(22-21)20-8-7-17(26-20)9-14-25/h3-8,15,25H,2,9-14H2,1H3. The molecule has 26 heavy (non-hydrogen) atoms. The fourth-order valence-corrected chi connectivity index (χ4v) is 4.54. The lowest BCUT2D eigenvalue weighted by atomic mass is 10.1. The van der Waals surface area contributed by atoms with Gasteiger partial charge in [-0.15, -0.1) is 11.3 Å². The van der Waals surface area contributed by atoms with Crippen molar-refractivity contribution in [1.82, 2.24) is 9.88 Å². The summed E-state index contributed by atoms with van der Waals surface area (Å²) in [4.78, 5) is 12.4. The molecule has 0 unspecified atom stereocenters. The number of hydrogen-bond donors (Lipinski definition) is 1. The zero-order valence-corrected chi connectivity index (χ0v) is 16.0. The van der Waals surface area contributed by atoms with Gasteiger partial charge in [-0.3, -0.25) is 0 Å². The molecule has 1 fully saturated rings. The van der Waals surface area contributed by atoms with Gasteiger partial charge in [0.05, 0.1) is 10.6 Å². The quantitative estimate of drug-likeness (QED) is 0.747. The highest BCUT2D eigenvalue weighted by Crippen LogP contribution is 2.33. The van der Waals surface area contributed by atoms with E-state index in [0.29, 0.717) is 6.42 Å². The summed E-state index contributed by atoms with van der Waals surface area (Å²) in [6.45, 7) is 7.77. The van der Waals surface area contributed by atoms with Crippen LogP contribution in [0.5, 0.6) is 0 Å². The van der Waals surface area contributed by atoms with Crippen molar-refractivity contribution in [3.05, 3.63) is 47.3 Å². The van der Waals surface area contributed by atoms with Crippen LogP contribution in [0.2, 0.25) is 0 Å². The Balaban J connectivity index is 1.73. The number of fused-ring (bicyclic) bond motifs is 1. The summed E-state index contributed by atoms with van der Waals surface area (Å²) in [5.74, 6) is 1.10. The van der Waals surface area contributed by atoms with Gasteiger partial charge in [0.15, 0.2) is 0 Å². The molecule has 4 rings (SSSR count). The molecule has 0 atom stereocenters. The Bertz CT molecular complexity index is 884. The molecule has 0 aliphatic carbocycles. The van der Waals surface area contributed by atoms with E-state index >= 15 is 0 Å². The second-order valence-electron chi connectivity index (χ2n) is 6.71. The first-order valence-electron chi connectivity index (χ1n) is 9.35. The monoisotopic (exact) mass is 367 g/mol. The SMILES string of the molecule is CCN1CCN(c2nc(-c3ccc(CCO)s3)cc3ccccc23)CC1. The van der Waals surface area contributed by atoms with E-state index in [0.717, 1.165) is 44.2 Å². The summed E-state index contributed by atoms with van der Waals surface area (Å²) >= 11 is 1.73. The first kappa shape index (κ1) is 17.5. The van der Waals surface area contributed by atoms with Gasteiger partial charge in [-0.1, -0.05) is 31.2 Å². The molecule has 4 nitrogen and oxygen atoms in total. The lowest BCUT2D eigenvalue weighted by molar-refractivity contribution is 0.271. The third-order valence-corrected chi connectivity index (χ3v) is 6.28. The number of nitrogens with zero attached hydrogens (tertiary/aromatic N) is 3. The van der Waals surface area contributed by atoms with Crippen molar-refractivity contribution in [2.24, 2.45) is 0 Å². The molecule has 3 heterocycles. The molecule has 1 saturated heterocycles. The van der Waals surface area contributed by atoms with E-state index in [4.69, 9.17) is 4.98 Å². The van der Waals surface area contributed by atoms with E-state index < -0.39 is 0 Å². The van der Waals surface area contributed by atoms with Gasteiger partial charge in [0.1, 0.15) is 5.82 Å².